The first kappa shape index (κ1) is 56.7. The zero-order valence-electron chi connectivity index (χ0n) is 40.3. The van der Waals surface area contributed by atoms with Crippen LogP contribution in [-0.4, -0.2) is 167 Å². The zero-order valence-corrected chi connectivity index (χ0v) is 40.3. The summed E-state index contributed by atoms with van der Waals surface area (Å²) < 4.78 is 49.6. The van der Waals surface area contributed by atoms with Gasteiger partial charge in [-0.2, -0.15) is 0 Å². The van der Waals surface area contributed by atoms with E-state index < -0.39 is 47.1 Å². The van der Waals surface area contributed by atoms with Gasteiger partial charge >= 0.3 is 18.0 Å². The fourth-order valence-electron chi connectivity index (χ4n) is 6.17. The minimum atomic E-state index is -0.782. The molecule has 6 amide bonds. The van der Waals surface area contributed by atoms with Gasteiger partial charge in [-0.05, 0) is 72.1 Å². The number of nitrogens with zero attached hydrogens (tertiary/aromatic N) is 2. The molecule has 2 aliphatic heterocycles. The minimum absolute atomic E-state index is 0.0211. The molecule has 0 aliphatic carbocycles. The largest absolute Gasteiger partial charge is 0.460 e. The second-order valence-electron chi connectivity index (χ2n) is 17.6. The first-order chi connectivity index (χ1) is 32.2. The highest BCUT2D eigenvalue weighted by Crippen LogP contribution is 2.28. The number of carbonyl (C=O) groups excluding carboxylic acids is 8. The van der Waals surface area contributed by atoms with Gasteiger partial charge in [-0.25, -0.2) is 4.79 Å². The molecule has 0 radical (unpaired) electrons. The van der Waals surface area contributed by atoms with E-state index in [1.807, 2.05) is 0 Å². The fraction of sp³-hybridized carbons (Fsp3) is 0.617. The molecule has 0 saturated heterocycles. The maximum absolute atomic E-state index is 13.2. The molecular weight excluding hydrogens is 893 g/mol. The molecule has 2 heterocycles. The number of hydrogen-bond acceptors (Lipinski definition) is 17. The van der Waals surface area contributed by atoms with Crippen LogP contribution in [0.5, 0.6) is 5.75 Å². The summed E-state index contributed by atoms with van der Waals surface area (Å²) in [4.78, 5) is 101. The lowest BCUT2D eigenvalue weighted by Crippen LogP contribution is -2.42. The number of benzene rings is 1. The van der Waals surface area contributed by atoms with Crippen molar-refractivity contribution >= 4 is 53.3 Å². The quantitative estimate of drug-likeness (QED) is 0.0456. The topological polar surface area (TPSA) is 250 Å². The van der Waals surface area contributed by atoms with Gasteiger partial charge in [0.05, 0.1) is 117 Å². The molecule has 0 saturated carbocycles. The normalized spacial score (nSPS) is 14.7. The van der Waals surface area contributed by atoms with Crippen LogP contribution in [0.3, 0.4) is 0 Å². The van der Waals surface area contributed by atoms with Crippen LogP contribution in [0, 0.1) is 5.92 Å². The summed E-state index contributed by atoms with van der Waals surface area (Å²) in [5, 5.41) is 5.66. The van der Waals surface area contributed by atoms with Crippen molar-refractivity contribution in [3.8, 4) is 5.75 Å². The second-order valence-corrected chi connectivity index (χ2v) is 17.6. The number of nitrogens with one attached hydrogen (secondary N) is 2. The van der Waals surface area contributed by atoms with Gasteiger partial charge in [0.15, 0.2) is 5.75 Å². The summed E-state index contributed by atoms with van der Waals surface area (Å²) >= 11 is 0. The second kappa shape index (κ2) is 29.3. The van der Waals surface area contributed by atoms with Crippen LogP contribution >= 0.6 is 0 Å². The zero-order chi connectivity index (χ0) is 50.1. The molecule has 378 valence electrons. The highest BCUT2D eigenvalue weighted by Gasteiger charge is 2.28. The summed E-state index contributed by atoms with van der Waals surface area (Å²) in [6.07, 6.45) is 4.39. The van der Waals surface area contributed by atoms with E-state index in [0.29, 0.717) is 5.56 Å². The minimum Gasteiger partial charge on any atom is -0.460 e. The smallest absolute Gasteiger partial charge is 0.407 e. The molecule has 2 aliphatic rings. The summed E-state index contributed by atoms with van der Waals surface area (Å²) in [6, 6.07) is 4.22. The van der Waals surface area contributed by atoms with Gasteiger partial charge in [-0.15, -0.1) is 0 Å². The lowest BCUT2D eigenvalue weighted by atomic mass is 9.95. The third kappa shape index (κ3) is 23.4. The van der Waals surface area contributed by atoms with E-state index in [1.165, 1.54) is 30.4 Å². The number of imide groups is 2. The van der Waals surface area contributed by atoms with Gasteiger partial charge in [-0.3, -0.25) is 43.4 Å². The molecule has 1 aromatic carbocycles. The number of amides is 6. The lowest BCUT2D eigenvalue weighted by molar-refractivity contribution is -0.160. The van der Waals surface area contributed by atoms with Crippen molar-refractivity contribution in [1.82, 2.24) is 15.1 Å². The Morgan fingerprint density at radius 1 is 0.588 bits per heavy atom. The van der Waals surface area contributed by atoms with Crippen LogP contribution in [0.4, 0.5) is 10.5 Å². The molecule has 1 unspecified atom stereocenters. The first-order valence-electron chi connectivity index (χ1n) is 22.6. The van der Waals surface area contributed by atoms with E-state index in [9.17, 15) is 38.4 Å². The predicted molar refractivity (Wildman–Crippen MR) is 243 cm³/mol. The number of carbonyl (C=O) groups is 8. The van der Waals surface area contributed by atoms with Gasteiger partial charge in [0.1, 0.15) is 11.2 Å². The maximum Gasteiger partial charge on any atom is 0.407 e. The van der Waals surface area contributed by atoms with Crippen molar-refractivity contribution in [2.45, 2.75) is 91.4 Å². The van der Waals surface area contributed by atoms with Gasteiger partial charge in [0, 0.05) is 30.3 Å². The van der Waals surface area contributed by atoms with Crippen molar-refractivity contribution in [3.63, 3.8) is 0 Å². The molecule has 0 bridgehead atoms. The Bertz CT molecular complexity index is 1890. The van der Waals surface area contributed by atoms with Crippen LogP contribution in [0.15, 0.2) is 42.5 Å². The molecule has 0 fully saturated rings. The highest BCUT2D eigenvalue weighted by molar-refractivity contribution is 6.13. The molecule has 0 aromatic heterocycles. The van der Waals surface area contributed by atoms with Gasteiger partial charge in [0.2, 0.25) is 5.91 Å². The summed E-state index contributed by atoms with van der Waals surface area (Å²) in [5.41, 5.74) is -0.682. The number of esters is 2. The fourth-order valence-corrected chi connectivity index (χ4v) is 6.17. The monoisotopic (exact) mass is 960 g/mol. The van der Waals surface area contributed by atoms with Crippen molar-refractivity contribution in [1.29, 1.82) is 0 Å². The van der Waals surface area contributed by atoms with E-state index in [4.69, 9.17) is 42.6 Å². The van der Waals surface area contributed by atoms with E-state index in [0.717, 1.165) is 9.80 Å². The highest BCUT2D eigenvalue weighted by atomic mass is 16.6. The molecule has 3 rings (SSSR count). The van der Waals surface area contributed by atoms with Crippen LogP contribution in [-0.2, 0) is 77.9 Å². The maximum atomic E-state index is 13.2. The third-order valence-electron chi connectivity index (χ3n) is 9.32. The van der Waals surface area contributed by atoms with Crippen molar-refractivity contribution in [2.24, 2.45) is 5.92 Å². The number of alkyl carbamates (subject to hydrolysis) is 1. The van der Waals surface area contributed by atoms with Crippen molar-refractivity contribution < 1.29 is 81.0 Å². The number of anilines is 1. The molecule has 1 aromatic rings. The number of rotatable bonds is 32. The Morgan fingerprint density at radius 2 is 1.03 bits per heavy atom. The summed E-state index contributed by atoms with van der Waals surface area (Å²) in [6.45, 7) is 14.8. The van der Waals surface area contributed by atoms with Crippen molar-refractivity contribution in [3.05, 3.63) is 48.1 Å². The lowest BCUT2D eigenvalue weighted by Gasteiger charge is -2.27. The molecule has 21 heteroatoms. The Kier molecular flexibility index (Phi) is 24.5. The van der Waals surface area contributed by atoms with Gasteiger partial charge in [-0.1, -0.05) is 13.0 Å². The van der Waals surface area contributed by atoms with Crippen LogP contribution in [0.25, 0.3) is 0 Å². The van der Waals surface area contributed by atoms with Gasteiger partial charge in [0.25, 0.3) is 23.6 Å². The molecule has 2 atom stereocenters. The molecule has 68 heavy (non-hydrogen) atoms. The summed E-state index contributed by atoms with van der Waals surface area (Å²) in [5.74, 6) is -3.54. The average molecular weight is 961 g/mol. The van der Waals surface area contributed by atoms with E-state index in [-0.39, 0.29) is 153 Å². The molecule has 0 spiro atoms. The number of ether oxygens (including phenoxy) is 9. The Balaban J connectivity index is 1.52. The van der Waals surface area contributed by atoms with Gasteiger partial charge < -0.3 is 53.3 Å². The van der Waals surface area contributed by atoms with Crippen molar-refractivity contribution in [2.75, 3.05) is 97.7 Å². The first-order valence-corrected chi connectivity index (χ1v) is 22.6. The Morgan fingerprint density at radius 3 is 1.50 bits per heavy atom. The molecule has 2 N–H and O–H groups in total. The predicted octanol–water partition coefficient (Wildman–Crippen LogP) is 3.06. The SMILES string of the molecule is CC(C[C@H](Cc1ccc(OC(=O)CCOCCOCCOCCN2C(=O)C=CC2=O)c(NC(=O)CCOCCOCCOCCN2C(=O)C=CC2=O)c1)NC(=O)OC(C)(C)C)C(=O)OC(C)(C)C. The average Bonchev–Trinajstić information content (AvgIpc) is 3.74. The van der Waals surface area contributed by atoms with E-state index in [1.54, 1.807) is 60.6 Å². The Hall–Kier alpha value is -5.58. The third-order valence-corrected chi connectivity index (χ3v) is 9.32. The van der Waals surface area contributed by atoms with Crippen LogP contribution in [0.2, 0.25) is 0 Å². The standard InChI is InChI=1S/C47H68N4O17/c1-33(44(58)67-46(2,3)4)30-35(48-45(59)68-47(5,6)7)31-34-8-9-37(66-43(57)15-19-61-23-27-65-29-25-63-21-17-51-41(55)12-13-42(51)56)36(32-34)49-38(52)14-18-60-22-26-64-28-24-62-20-16-50-39(53)10-11-40(50)54/h8-13,32-33,35H,14-31H2,1-7H3,(H,48,59)(H,49,52)/t33?,35-/m1/s1. The molecule has 21 nitrogen and oxygen atoms in total. The van der Waals surface area contributed by atoms with E-state index in [2.05, 4.69) is 10.6 Å². The molecular formula is C47H68N4O17. The van der Waals surface area contributed by atoms with E-state index >= 15 is 0 Å². The summed E-state index contributed by atoms with van der Waals surface area (Å²) in [7, 11) is 0. The number of hydrogen-bond donors (Lipinski definition) is 2. The van der Waals surface area contributed by atoms with Crippen LogP contribution in [0.1, 0.15) is 73.3 Å². The van der Waals surface area contributed by atoms with Crippen LogP contribution < -0.4 is 15.4 Å². The Labute approximate surface area is 397 Å².